The number of carbonyl (C=O) groups excluding carboxylic acids is 2. The Hall–Kier alpha value is -3.21. The summed E-state index contributed by atoms with van der Waals surface area (Å²) >= 11 is 0. The second-order valence-electron chi connectivity index (χ2n) is 9.22. The molecule has 0 saturated carbocycles. The highest BCUT2D eigenvalue weighted by Gasteiger charge is 2.42. The van der Waals surface area contributed by atoms with Crippen molar-refractivity contribution < 1.29 is 9.59 Å². The molecule has 31 heavy (non-hydrogen) atoms. The summed E-state index contributed by atoms with van der Waals surface area (Å²) in [6.07, 6.45) is 5.49. The van der Waals surface area contributed by atoms with E-state index in [2.05, 4.69) is 60.7 Å². The zero-order chi connectivity index (χ0) is 22.2. The number of aromatic nitrogens is 1. The molecule has 1 aliphatic carbocycles. The summed E-state index contributed by atoms with van der Waals surface area (Å²) in [4.78, 5) is 30.8. The van der Waals surface area contributed by atoms with Crippen LogP contribution in [0.3, 0.4) is 0 Å². The minimum Gasteiger partial charge on any atom is -0.362 e. The normalized spacial score (nSPS) is 20.3. The van der Waals surface area contributed by atoms with E-state index in [1.165, 1.54) is 5.56 Å². The Kier molecular flexibility index (Phi) is 5.52. The summed E-state index contributed by atoms with van der Waals surface area (Å²) in [5.74, 6) is -0.489. The van der Waals surface area contributed by atoms with Crippen molar-refractivity contribution in [1.29, 1.82) is 0 Å². The Morgan fingerprint density at radius 2 is 1.94 bits per heavy atom. The number of anilines is 1. The van der Waals surface area contributed by atoms with Gasteiger partial charge in [-0.2, -0.15) is 0 Å². The largest absolute Gasteiger partial charge is 0.362 e. The molecular formula is C26H29N3O2. The van der Waals surface area contributed by atoms with Crippen LogP contribution in [0.1, 0.15) is 57.6 Å². The van der Waals surface area contributed by atoms with E-state index in [1.54, 1.807) is 24.5 Å². The maximum absolute atomic E-state index is 13.4. The van der Waals surface area contributed by atoms with E-state index in [1.807, 2.05) is 6.92 Å². The van der Waals surface area contributed by atoms with Crippen LogP contribution in [0.15, 0.2) is 71.3 Å². The molecule has 2 heterocycles. The van der Waals surface area contributed by atoms with Gasteiger partial charge in [0.05, 0.1) is 11.9 Å². The van der Waals surface area contributed by atoms with E-state index in [4.69, 9.17) is 0 Å². The van der Waals surface area contributed by atoms with Crippen LogP contribution in [0.4, 0.5) is 5.69 Å². The number of ketones is 1. The molecule has 5 heteroatoms. The minimum absolute atomic E-state index is 0.102. The van der Waals surface area contributed by atoms with Gasteiger partial charge in [-0.3, -0.25) is 14.6 Å². The molecular weight excluding hydrogens is 386 g/mol. The Labute approximate surface area is 183 Å². The molecule has 1 aromatic heterocycles. The van der Waals surface area contributed by atoms with Gasteiger partial charge < -0.3 is 10.6 Å². The fraction of sp³-hybridized carbons (Fsp3) is 0.346. The van der Waals surface area contributed by atoms with Crippen LogP contribution >= 0.6 is 0 Å². The first-order valence-corrected chi connectivity index (χ1v) is 10.8. The Morgan fingerprint density at radius 1 is 1.19 bits per heavy atom. The second-order valence-corrected chi connectivity index (χ2v) is 9.22. The standard InChI is InChI=1S/C26H29N3O2/c1-5-17-8-10-18(11-9-17)23-22(25(31)29-19-7-6-12-27-15-19)16(2)28-20-13-26(3,4)14-21(30)24(20)23/h6-12,15,23,28H,5,13-14H2,1-4H3,(H,29,31). The number of benzene rings is 1. The molecule has 1 aromatic carbocycles. The Balaban J connectivity index is 1.80. The fourth-order valence-corrected chi connectivity index (χ4v) is 4.65. The van der Waals surface area contributed by atoms with Crippen molar-refractivity contribution in [2.75, 3.05) is 5.32 Å². The second kappa shape index (κ2) is 8.14. The molecule has 4 rings (SSSR count). The lowest BCUT2D eigenvalue weighted by Crippen LogP contribution is -2.39. The first-order chi connectivity index (χ1) is 14.8. The van der Waals surface area contributed by atoms with Gasteiger partial charge in [0.15, 0.2) is 5.78 Å². The number of rotatable bonds is 4. The van der Waals surface area contributed by atoms with Gasteiger partial charge in [0, 0.05) is 41.1 Å². The number of nitrogens with zero attached hydrogens (tertiary/aromatic N) is 1. The SMILES string of the molecule is CCc1ccc(C2C(C(=O)Nc3cccnc3)=C(C)NC3=C2C(=O)CC(C)(C)C3)cc1. The third-order valence-electron chi connectivity index (χ3n) is 6.13. The number of Topliss-reactive ketones (excluding diaryl/α,β-unsaturated/α-hetero) is 1. The van der Waals surface area contributed by atoms with Crippen molar-refractivity contribution in [3.8, 4) is 0 Å². The molecule has 0 saturated heterocycles. The predicted octanol–water partition coefficient (Wildman–Crippen LogP) is 4.89. The molecule has 1 amide bonds. The maximum atomic E-state index is 13.4. The van der Waals surface area contributed by atoms with Crippen molar-refractivity contribution in [3.05, 3.63) is 82.5 Å². The molecule has 1 atom stereocenters. The van der Waals surface area contributed by atoms with Crippen LogP contribution in [0.25, 0.3) is 0 Å². The quantitative estimate of drug-likeness (QED) is 0.746. The summed E-state index contributed by atoms with van der Waals surface area (Å²) in [6.45, 7) is 8.27. The van der Waals surface area contributed by atoms with Gasteiger partial charge in [0.25, 0.3) is 5.91 Å². The van der Waals surface area contributed by atoms with Crippen LogP contribution in [-0.4, -0.2) is 16.7 Å². The monoisotopic (exact) mass is 415 g/mol. The van der Waals surface area contributed by atoms with Crippen LogP contribution in [0, 0.1) is 5.41 Å². The van der Waals surface area contributed by atoms with E-state index in [9.17, 15) is 9.59 Å². The van der Waals surface area contributed by atoms with Gasteiger partial charge in [0.2, 0.25) is 0 Å². The number of dihydropyridines is 1. The molecule has 1 unspecified atom stereocenters. The number of carbonyl (C=O) groups is 2. The van der Waals surface area contributed by atoms with Crippen LogP contribution < -0.4 is 10.6 Å². The smallest absolute Gasteiger partial charge is 0.254 e. The topological polar surface area (TPSA) is 71.1 Å². The summed E-state index contributed by atoms with van der Waals surface area (Å²) in [5, 5.41) is 6.36. The predicted molar refractivity (Wildman–Crippen MR) is 122 cm³/mol. The molecule has 5 nitrogen and oxygen atoms in total. The zero-order valence-corrected chi connectivity index (χ0v) is 18.6. The number of nitrogens with one attached hydrogen (secondary N) is 2. The Morgan fingerprint density at radius 3 is 2.58 bits per heavy atom. The first kappa shape index (κ1) is 21.0. The lowest BCUT2D eigenvalue weighted by Gasteiger charge is -2.39. The summed E-state index contributed by atoms with van der Waals surface area (Å²) in [6, 6.07) is 11.9. The average molecular weight is 416 g/mol. The molecule has 0 fully saturated rings. The molecule has 2 aromatic rings. The number of hydrogen-bond donors (Lipinski definition) is 2. The number of aryl methyl sites for hydroxylation is 1. The van der Waals surface area contributed by atoms with Crippen LogP contribution in [0.2, 0.25) is 0 Å². The van der Waals surface area contributed by atoms with Crippen LogP contribution in [-0.2, 0) is 16.0 Å². The number of amides is 1. The van der Waals surface area contributed by atoms with Gasteiger partial charge in [-0.1, -0.05) is 45.0 Å². The number of allylic oxidation sites excluding steroid dienone is 3. The average Bonchev–Trinajstić information content (AvgIpc) is 2.72. The lowest BCUT2D eigenvalue weighted by molar-refractivity contribution is -0.118. The molecule has 2 N–H and O–H groups in total. The molecule has 1 aliphatic heterocycles. The molecule has 0 spiro atoms. The van der Waals surface area contributed by atoms with Crippen LogP contribution in [0.5, 0.6) is 0 Å². The van der Waals surface area contributed by atoms with Crippen molar-refractivity contribution in [2.24, 2.45) is 5.41 Å². The van der Waals surface area contributed by atoms with Gasteiger partial charge in [0.1, 0.15) is 0 Å². The number of pyridine rings is 1. The zero-order valence-electron chi connectivity index (χ0n) is 18.6. The fourth-order valence-electron chi connectivity index (χ4n) is 4.65. The van der Waals surface area contributed by atoms with Crippen molar-refractivity contribution >= 4 is 17.4 Å². The molecule has 0 radical (unpaired) electrons. The van der Waals surface area contributed by atoms with Crippen molar-refractivity contribution in [3.63, 3.8) is 0 Å². The van der Waals surface area contributed by atoms with E-state index in [-0.39, 0.29) is 23.0 Å². The summed E-state index contributed by atoms with van der Waals surface area (Å²) < 4.78 is 0. The highest BCUT2D eigenvalue weighted by Crippen LogP contribution is 2.46. The van der Waals surface area contributed by atoms with E-state index in [0.717, 1.165) is 35.4 Å². The minimum atomic E-state index is -0.387. The third kappa shape index (κ3) is 4.18. The van der Waals surface area contributed by atoms with Crippen molar-refractivity contribution in [1.82, 2.24) is 10.3 Å². The van der Waals surface area contributed by atoms with Gasteiger partial charge in [-0.05, 0) is 48.4 Å². The molecule has 160 valence electrons. The van der Waals surface area contributed by atoms with E-state index < -0.39 is 0 Å². The van der Waals surface area contributed by atoms with Crippen molar-refractivity contribution in [2.45, 2.75) is 52.9 Å². The highest BCUT2D eigenvalue weighted by atomic mass is 16.2. The van der Waals surface area contributed by atoms with Gasteiger partial charge in [-0.15, -0.1) is 0 Å². The first-order valence-electron chi connectivity index (χ1n) is 10.8. The van der Waals surface area contributed by atoms with E-state index >= 15 is 0 Å². The number of hydrogen-bond acceptors (Lipinski definition) is 4. The molecule has 0 bridgehead atoms. The Bertz CT molecular complexity index is 1080. The third-order valence-corrected chi connectivity index (χ3v) is 6.13. The van der Waals surface area contributed by atoms with E-state index in [0.29, 0.717) is 17.7 Å². The summed E-state index contributed by atoms with van der Waals surface area (Å²) in [7, 11) is 0. The molecule has 2 aliphatic rings. The lowest BCUT2D eigenvalue weighted by atomic mass is 9.68. The van der Waals surface area contributed by atoms with Gasteiger partial charge >= 0.3 is 0 Å². The highest BCUT2D eigenvalue weighted by molar-refractivity contribution is 6.09. The summed E-state index contributed by atoms with van der Waals surface area (Å²) in [5.41, 5.74) is 5.76. The maximum Gasteiger partial charge on any atom is 0.254 e. The van der Waals surface area contributed by atoms with Gasteiger partial charge in [-0.25, -0.2) is 0 Å².